The van der Waals surface area contributed by atoms with E-state index in [1.165, 1.54) is 11.1 Å². The van der Waals surface area contributed by atoms with Crippen LogP contribution in [0.2, 0.25) is 0 Å². The molecule has 3 heteroatoms. The first-order valence-corrected chi connectivity index (χ1v) is 6.68. The van der Waals surface area contributed by atoms with Crippen molar-refractivity contribution in [2.45, 2.75) is 39.7 Å². The van der Waals surface area contributed by atoms with E-state index in [-0.39, 0.29) is 17.9 Å². The lowest BCUT2D eigenvalue weighted by Gasteiger charge is -2.33. The van der Waals surface area contributed by atoms with Crippen LogP contribution in [0.4, 0.5) is 5.69 Å². The van der Waals surface area contributed by atoms with Crippen molar-refractivity contribution in [3.8, 4) is 0 Å². The Morgan fingerprint density at radius 2 is 2.11 bits per heavy atom. The molecule has 0 saturated carbocycles. The molecule has 1 aliphatic heterocycles. The van der Waals surface area contributed by atoms with E-state index < -0.39 is 0 Å². The van der Waals surface area contributed by atoms with Crippen LogP contribution in [0.15, 0.2) is 18.2 Å². The highest BCUT2D eigenvalue weighted by atomic mass is 16.2. The van der Waals surface area contributed by atoms with Crippen LogP contribution in [0, 0.1) is 12.8 Å². The summed E-state index contributed by atoms with van der Waals surface area (Å²) in [4.78, 5) is 14.4. The van der Waals surface area contributed by atoms with Crippen LogP contribution in [0.25, 0.3) is 0 Å². The summed E-state index contributed by atoms with van der Waals surface area (Å²) in [5.41, 5.74) is 9.43. The first-order chi connectivity index (χ1) is 8.52. The second-order valence-corrected chi connectivity index (χ2v) is 5.32. The standard InChI is InChI=1S/C15H22N2O/c1-10-6-4-7-13-8-5-9-17(14(10)13)15(18)11(2)12(3)16/h4,6-7,11-12H,5,8-9,16H2,1-3H3. The number of rotatable bonds is 2. The Bertz CT molecular complexity index is 454. The molecule has 0 bridgehead atoms. The molecule has 0 aliphatic carbocycles. The zero-order valence-electron chi connectivity index (χ0n) is 11.4. The highest BCUT2D eigenvalue weighted by Gasteiger charge is 2.28. The number of hydrogen-bond donors (Lipinski definition) is 1. The van der Waals surface area contributed by atoms with Crippen molar-refractivity contribution in [2.24, 2.45) is 11.7 Å². The molecule has 0 spiro atoms. The van der Waals surface area contributed by atoms with E-state index in [1.54, 1.807) is 0 Å². The normalized spacial score (nSPS) is 18.1. The van der Waals surface area contributed by atoms with Gasteiger partial charge in [0, 0.05) is 18.3 Å². The van der Waals surface area contributed by atoms with Gasteiger partial charge in [-0.15, -0.1) is 0 Å². The second-order valence-electron chi connectivity index (χ2n) is 5.32. The molecule has 1 aromatic carbocycles. The SMILES string of the molecule is Cc1cccc2c1N(C(=O)C(C)C(C)N)CCC2. The molecule has 3 nitrogen and oxygen atoms in total. The highest BCUT2D eigenvalue weighted by Crippen LogP contribution is 2.31. The predicted octanol–water partition coefficient (Wildman–Crippen LogP) is 2.26. The van der Waals surface area contributed by atoms with Crippen LogP contribution in [-0.2, 0) is 11.2 Å². The fourth-order valence-electron chi connectivity index (χ4n) is 2.54. The Morgan fingerprint density at radius 1 is 1.39 bits per heavy atom. The lowest BCUT2D eigenvalue weighted by Crippen LogP contribution is -2.44. The molecule has 1 aliphatic rings. The first-order valence-electron chi connectivity index (χ1n) is 6.68. The molecule has 1 aromatic rings. The lowest BCUT2D eigenvalue weighted by atomic mass is 9.95. The van der Waals surface area contributed by atoms with Crippen molar-refractivity contribution in [3.63, 3.8) is 0 Å². The zero-order chi connectivity index (χ0) is 13.3. The van der Waals surface area contributed by atoms with Crippen LogP contribution in [0.3, 0.4) is 0 Å². The van der Waals surface area contributed by atoms with Gasteiger partial charge >= 0.3 is 0 Å². The summed E-state index contributed by atoms with van der Waals surface area (Å²) >= 11 is 0. The third-order valence-electron chi connectivity index (χ3n) is 3.86. The van der Waals surface area contributed by atoms with E-state index in [0.29, 0.717) is 0 Å². The molecule has 2 unspecified atom stereocenters. The van der Waals surface area contributed by atoms with Gasteiger partial charge in [0.15, 0.2) is 0 Å². The first kappa shape index (κ1) is 13.1. The maximum absolute atomic E-state index is 12.5. The van der Waals surface area contributed by atoms with Gasteiger partial charge in [-0.1, -0.05) is 25.1 Å². The number of carbonyl (C=O) groups is 1. The third-order valence-corrected chi connectivity index (χ3v) is 3.86. The van der Waals surface area contributed by atoms with Gasteiger partial charge in [0.05, 0.1) is 5.92 Å². The number of hydrogen-bond acceptors (Lipinski definition) is 2. The summed E-state index contributed by atoms with van der Waals surface area (Å²) in [5.74, 6) is 0.0239. The van der Waals surface area contributed by atoms with Crippen LogP contribution < -0.4 is 10.6 Å². The minimum atomic E-state index is -0.129. The predicted molar refractivity (Wildman–Crippen MR) is 74.7 cm³/mol. The Hall–Kier alpha value is -1.35. The number of amides is 1. The zero-order valence-corrected chi connectivity index (χ0v) is 11.4. The summed E-state index contributed by atoms with van der Waals surface area (Å²) in [5, 5.41) is 0. The van der Waals surface area contributed by atoms with Gasteiger partial charge < -0.3 is 10.6 Å². The monoisotopic (exact) mass is 246 g/mol. The minimum Gasteiger partial charge on any atom is -0.327 e. The van der Waals surface area contributed by atoms with E-state index in [4.69, 9.17) is 5.73 Å². The number of fused-ring (bicyclic) bond motifs is 1. The van der Waals surface area contributed by atoms with Crippen LogP contribution in [0.5, 0.6) is 0 Å². The van der Waals surface area contributed by atoms with Crippen molar-refractivity contribution in [1.82, 2.24) is 0 Å². The molecule has 98 valence electrons. The number of anilines is 1. The number of nitrogens with two attached hydrogens (primary N) is 1. The van der Waals surface area contributed by atoms with Gasteiger partial charge in [0.1, 0.15) is 0 Å². The molecule has 1 heterocycles. The molecule has 2 rings (SSSR count). The van der Waals surface area contributed by atoms with Gasteiger partial charge in [0.2, 0.25) is 5.91 Å². The molecule has 18 heavy (non-hydrogen) atoms. The van der Waals surface area contributed by atoms with Crippen molar-refractivity contribution in [2.75, 3.05) is 11.4 Å². The second kappa shape index (κ2) is 5.11. The van der Waals surface area contributed by atoms with E-state index in [2.05, 4.69) is 25.1 Å². The molecule has 2 atom stereocenters. The summed E-state index contributed by atoms with van der Waals surface area (Å²) in [6.07, 6.45) is 2.10. The summed E-state index contributed by atoms with van der Waals surface area (Å²) in [7, 11) is 0. The van der Waals surface area contributed by atoms with E-state index in [0.717, 1.165) is 25.1 Å². The molecule has 0 fully saturated rings. The third kappa shape index (κ3) is 2.27. The summed E-state index contributed by atoms with van der Waals surface area (Å²) < 4.78 is 0. The fraction of sp³-hybridized carbons (Fsp3) is 0.533. The van der Waals surface area contributed by atoms with E-state index >= 15 is 0 Å². The largest absolute Gasteiger partial charge is 0.327 e. The molecule has 0 radical (unpaired) electrons. The van der Waals surface area contributed by atoms with E-state index in [1.807, 2.05) is 18.7 Å². The Balaban J connectivity index is 2.36. The Morgan fingerprint density at radius 3 is 2.78 bits per heavy atom. The van der Waals surface area contributed by atoms with Crippen molar-refractivity contribution in [3.05, 3.63) is 29.3 Å². The van der Waals surface area contributed by atoms with E-state index in [9.17, 15) is 4.79 Å². The fourth-order valence-corrected chi connectivity index (χ4v) is 2.54. The molecule has 0 aromatic heterocycles. The minimum absolute atomic E-state index is 0.105. The van der Waals surface area contributed by atoms with Gasteiger partial charge in [-0.3, -0.25) is 4.79 Å². The maximum atomic E-state index is 12.5. The summed E-state index contributed by atoms with van der Waals surface area (Å²) in [6, 6.07) is 6.16. The average molecular weight is 246 g/mol. The number of aryl methyl sites for hydroxylation is 2. The Kier molecular flexibility index (Phi) is 3.71. The van der Waals surface area contributed by atoms with Gasteiger partial charge in [-0.2, -0.15) is 0 Å². The Labute approximate surface area is 109 Å². The molecular formula is C15H22N2O. The van der Waals surface area contributed by atoms with Crippen LogP contribution in [-0.4, -0.2) is 18.5 Å². The number of carbonyl (C=O) groups excluding carboxylic acids is 1. The lowest BCUT2D eigenvalue weighted by molar-refractivity contribution is -0.122. The molecule has 1 amide bonds. The van der Waals surface area contributed by atoms with Gasteiger partial charge in [0.25, 0.3) is 0 Å². The molecule has 0 saturated heterocycles. The number of nitrogens with zero attached hydrogens (tertiary/aromatic N) is 1. The number of para-hydroxylation sites is 1. The van der Waals surface area contributed by atoms with Crippen LogP contribution in [0.1, 0.15) is 31.4 Å². The highest BCUT2D eigenvalue weighted by molar-refractivity contribution is 5.97. The van der Waals surface area contributed by atoms with Crippen molar-refractivity contribution in [1.29, 1.82) is 0 Å². The smallest absolute Gasteiger partial charge is 0.231 e. The van der Waals surface area contributed by atoms with Gasteiger partial charge in [-0.05, 0) is 37.8 Å². The summed E-state index contributed by atoms with van der Waals surface area (Å²) in [6.45, 7) is 6.69. The number of benzene rings is 1. The van der Waals surface area contributed by atoms with Crippen molar-refractivity contribution < 1.29 is 4.79 Å². The topological polar surface area (TPSA) is 46.3 Å². The van der Waals surface area contributed by atoms with Crippen molar-refractivity contribution >= 4 is 11.6 Å². The average Bonchev–Trinajstić information content (AvgIpc) is 2.36. The molecular weight excluding hydrogens is 224 g/mol. The van der Waals surface area contributed by atoms with Crippen LogP contribution >= 0.6 is 0 Å². The quantitative estimate of drug-likeness (QED) is 0.870. The maximum Gasteiger partial charge on any atom is 0.231 e. The molecule has 2 N–H and O–H groups in total. The van der Waals surface area contributed by atoms with Gasteiger partial charge in [-0.25, -0.2) is 0 Å².